The van der Waals surface area contributed by atoms with Crippen molar-refractivity contribution in [2.75, 3.05) is 26.2 Å². The van der Waals surface area contributed by atoms with Crippen molar-refractivity contribution in [3.8, 4) is 11.5 Å². The highest BCUT2D eigenvalue weighted by Crippen LogP contribution is 2.27. The first-order chi connectivity index (χ1) is 8.66. The first-order valence-corrected chi connectivity index (χ1v) is 6.64. The Hall–Kier alpha value is -1.26. The van der Waals surface area contributed by atoms with E-state index in [2.05, 4.69) is 10.2 Å². The number of phenols is 2. The fourth-order valence-electron chi connectivity index (χ4n) is 2.44. The SMILES string of the molecule is CC(NCCN1CCCC1)c1cc(O)ccc1O. The Bertz CT molecular complexity index is 389. The largest absolute Gasteiger partial charge is 0.508 e. The van der Waals surface area contributed by atoms with E-state index in [1.54, 1.807) is 6.07 Å². The lowest BCUT2D eigenvalue weighted by molar-refractivity contribution is 0.328. The summed E-state index contributed by atoms with van der Waals surface area (Å²) in [5.41, 5.74) is 0.747. The van der Waals surface area contributed by atoms with Crippen LogP contribution in [0.4, 0.5) is 0 Å². The molecule has 1 unspecified atom stereocenters. The molecular formula is C14H22N2O2. The van der Waals surface area contributed by atoms with Gasteiger partial charge in [0.2, 0.25) is 0 Å². The second kappa shape index (κ2) is 6.07. The molecule has 1 aromatic rings. The number of hydrogen-bond acceptors (Lipinski definition) is 4. The molecule has 0 aromatic heterocycles. The molecule has 18 heavy (non-hydrogen) atoms. The maximum Gasteiger partial charge on any atom is 0.120 e. The molecule has 2 rings (SSSR count). The van der Waals surface area contributed by atoms with Crippen LogP contribution in [0.25, 0.3) is 0 Å². The summed E-state index contributed by atoms with van der Waals surface area (Å²) in [5.74, 6) is 0.421. The molecule has 1 saturated heterocycles. The van der Waals surface area contributed by atoms with Crippen molar-refractivity contribution in [2.45, 2.75) is 25.8 Å². The highest BCUT2D eigenvalue weighted by atomic mass is 16.3. The predicted molar refractivity (Wildman–Crippen MR) is 71.9 cm³/mol. The van der Waals surface area contributed by atoms with Gasteiger partial charge in [-0.3, -0.25) is 0 Å². The Balaban J connectivity index is 1.83. The normalized spacial score (nSPS) is 18.1. The van der Waals surface area contributed by atoms with Crippen LogP contribution < -0.4 is 5.32 Å². The van der Waals surface area contributed by atoms with Crippen molar-refractivity contribution in [1.29, 1.82) is 0 Å². The molecule has 0 bridgehead atoms. The number of likely N-dealkylation sites (tertiary alicyclic amines) is 1. The van der Waals surface area contributed by atoms with Gasteiger partial charge in [-0.05, 0) is 51.1 Å². The van der Waals surface area contributed by atoms with Crippen molar-refractivity contribution < 1.29 is 10.2 Å². The number of benzene rings is 1. The molecule has 0 aliphatic carbocycles. The summed E-state index contributed by atoms with van der Waals surface area (Å²) < 4.78 is 0. The van der Waals surface area contributed by atoms with E-state index in [0.717, 1.165) is 18.7 Å². The van der Waals surface area contributed by atoms with Crippen molar-refractivity contribution in [3.63, 3.8) is 0 Å². The van der Waals surface area contributed by atoms with Crippen LogP contribution >= 0.6 is 0 Å². The first-order valence-electron chi connectivity index (χ1n) is 6.64. The molecule has 0 saturated carbocycles. The summed E-state index contributed by atoms with van der Waals surface area (Å²) >= 11 is 0. The van der Waals surface area contributed by atoms with Crippen LogP contribution in [0.15, 0.2) is 18.2 Å². The minimum absolute atomic E-state index is 0.0414. The van der Waals surface area contributed by atoms with Gasteiger partial charge in [-0.25, -0.2) is 0 Å². The van der Waals surface area contributed by atoms with Crippen LogP contribution in [0.5, 0.6) is 11.5 Å². The van der Waals surface area contributed by atoms with E-state index < -0.39 is 0 Å². The Labute approximate surface area is 108 Å². The number of aromatic hydroxyl groups is 2. The molecule has 0 spiro atoms. The first kappa shape index (κ1) is 13.2. The second-order valence-electron chi connectivity index (χ2n) is 4.97. The Kier molecular flexibility index (Phi) is 4.44. The third-order valence-electron chi connectivity index (χ3n) is 3.55. The van der Waals surface area contributed by atoms with Crippen molar-refractivity contribution in [1.82, 2.24) is 10.2 Å². The van der Waals surface area contributed by atoms with Gasteiger partial charge >= 0.3 is 0 Å². The number of nitrogens with one attached hydrogen (secondary N) is 1. The molecule has 1 aliphatic rings. The van der Waals surface area contributed by atoms with E-state index in [1.807, 2.05) is 6.92 Å². The molecule has 1 aromatic carbocycles. The summed E-state index contributed by atoms with van der Waals surface area (Å²) in [5, 5.41) is 22.6. The van der Waals surface area contributed by atoms with Gasteiger partial charge in [0.25, 0.3) is 0 Å². The molecule has 3 N–H and O–H groups in total. The van der Waals surface area contributed by atoms with Gasteiger partial charge in [0.15, 0.2) is 0 Å². The van der Waals surface area contributed by atoms with Gasteiger partial charge in [-0.1, -0.05) is 0 Å². The van der Waals surface area contributed by atoms with Gasteiger partial charge < -0.3 is 20.4 Å². The maximum atomic E-state index is 9.75. The zero-order chi connectivity index (χ0) is 13.0. The molecule has 4 heteroatoms. The van der Waals surface area contributed by atoms with Crippen LogP contribution in [-0.2, 0) is 0 Å². The topological polar surface area (TPSA) is 55.7 Å². The average Bonchev–Trinajstić information content (AvgIpc) is 2.85. The summed E-state index contributed by atoms with van der Waals surface area (Å²) in [6, 6.07) is 4.68. The number of hydrogen-bond donors (Lipinski definition) is 3. The van der Waals surface area contributed by atoms with Crippen molar-refractivity contribution in [3.05, 3.63) is 23.8 Å². The van der Waals surface area contributed by atoms with Crippen LogP contribution in [-0.4, -0.2) is 41.3 Å². The lowest BCUT2D eigenvalue weighted by Gasteiger charge is -2.19. The molecule has 1 atom stereocenters. The van der Waals surface area contributed by atoms with E-state index in [0.29, 0.717) is 0 Å². The minimum Gasteiger partial charge on any atom is -0.508 e. The summed E-state index contributed by atoms with van der Waals surface area (Å²) in [6.45, 7) is 6.35. The van der Waals surface area contributed by atoms with Crippen molar-refractivity contribution in [2.24, 2.45) is 0 Å². The summed E-state index contributed by atoms with van der Waals surface area (Å²) in [4.78, 5) is 2.45. The molecular weight excluding hydrogens is 228 g/mol. The zero-order valence-electron chi connectivity index (χ0n) is 10.9. The van der Waals surface area contributed by atoms with Gasteiger partial charge in [0.05, 0.1) is 0 Å². The summed E-state index contributed by atoms with van der Waals surface area (Å²) in [6.07, 6.45) is 2.62. The fourth-order valence-corrected chi connectivity index (χ4v) is 2.44. The standard InChI is InChI=1S/C14H22N2O2/c1-11(13-10-12(17)4-5-14(13)18)15-6-9-16-7-2-3-8-16/h4-5,10-11,15,17-18H,2-3,6-9H2,1H3. The zero-order valence-corrected chi connectivity index (χ0v) is 10.9. The highest BCUT2D eigenvalue weighted by Gasteiger charge is 2.13. The van der Waals surface area contributed by atoms with E-state index >= 15 is 0 Å². The molecule has 4 nitrogen and oxygen atoms in total. The van der Waals surface area contributed by atoms with E-state index in [9.17, 15) is 10.2 Å². The van der Waals surface area contributed by atoms with Crippen LogP contribution in [0.1, 0.15) is 31.4 Å². The Morgan fingerprint density at radius 1 is 1.28 bits per heavy atom. The third kappa shape index (κ3) is 3.37. The van der Waals surface area contributed by atoms with E-state index in [1.165, 1.54) is 38.1 Å². The quantitative estimate of drug-likeness (QED) is 0.698. The predicted octanol–water partition coefficient (Wildman–Crippen LogP) is 1.84. The minimum atomic E-state index is 0.0414. The lowest BCUT2D eigenvalue weighted by Crippen LogP contribution is -2.31. The van der Waals surface area contributed by atoms with E-state index in [4.69, 9.17) is 0 Å². The van der Waals surface area contributed by atoms with Crippen LogP contribution in [0.2, 0.25) is 0 Å². The number of phenolic OH excluding ortho intramolecular Hbond substituents is 2. The third-order valence-corrected chi connectivity index (χ3v) is 3.55. The molecule has 0 amide bonds. The molecule has 1 fully saturated rings. The second-order valence-corrected chi connectivity index (χ2v) is 4.97. The lowest BCUT2D eigenvalue weighted by atomic mass is 10.1. The Morgan fingerprint density at radius 3 is 2.72 bits per heavy atom. The fraction of sp³-hybridized carbons (Fsp3) is 0.571. The number of rotatable bonds is 5. The van der Waals surface area contributed by atoms with Crippen LogP contribution in [0, 0.1) is 0 Å². The van der Waals surface area contributed by atoms with Gasteiger partial charge in [-0.2, -0.15) is 0 Å². The smallest absolute Gasteiger partial charge is 0.120 e. The van der Waals surface area contributed by atoms with Crippen molar-refractivity contribution >= 4 is 0 Å². The summed E-state index contributed by atoms with van der Waals surface area (Å²) in [7, 11) is 0. The molecule has 100 valence electrons. The monoisotopic (exact) mass is 250 g/mol. The average molecular weight is 250 g/mol. The maximum absolute atomic E-state index is 9.75. The highest BCUT2D eigenvalue weighted by molar-refractivity contribution is 5.40. The molecule has 0 radical (unpaired) electrons. The van der Waals surface area contributed by atoms with Gasteiger partial charge in [0.1, 0.15) is 11.5 Å². The van der Waals surface area contributed by atoms with Gasteiger partial charge in [-0.15, -0.1) is 0 Å². The molecule has 1 aliphatic heterocycles. The Morgan fingerprint density at radius 2 is 2.00 bits per heavy atom. The van der Waals surface area contributed by atoms with E-state index in [-0.39, 0.29) is 17.5 Å². The number of nitrogens with zero attached hydrogens (tertiary/aromatic N) is 1. The molecule has 1 heterocycles. The van der Waals surface area contributed by atoms with Crippen LogP contribution in [0.3, 0.4) is 0 Å². The van der Waals surface area contributed by atoms with Gasteiger partial charge in [0, 0.05) is 24.7 Å².